The first-order valence-electron chi connectivity index (χ1n) is 12.4. The molecule has 2 aliphatic carbocycles. The first kappa shape index (κ1) is 21.7. The second kappa shape index (κ2) is 10.2. The first-order chi connectivity index (χ1) is 13.6. The standard InChI is InChI=1S/C27H44O/c1-3-27(21-22-27)18-11-7-4-8-13-23-14-12-16-25(28)24(23)15-9-5-6-10-17-26(2)19-20-26/h12,14,16,28H,3-11,13,15,17-22H2,1-2H3. The monoisotopic (exact) mass is 384 g/mol. The molecule has 0 aliphatic heterocycles. The molecule has 1 aromatic carbocycles. The molecule has 0 amide bonds. The molecule has 0 saturated heterocycles. The van der Waals surface area contributed by atoms with Gasteiger partial charge in [0.25, 0.3) is 0 Å². The molecule has 0 unspecified atom stereocenters. The van der Waals surface area contributed by atoms with Crippen LogP contribution in [0.3, 0.4) is 0 Å². The normalized spacial score (nSPS) is 18.9. The van der Waals surface area contributed by atoms with E-state index in [2.05, 4.69) is 19.9 Å². The lowest BCUT2D eigenvalue weighted by Gasteiger charge is -2.13. The van der Waals surface area contributed by atoms with Gasteiger partial charge in [0.2, 0.25) is 0 Å². The molecular formula is C27H44O. The summed E-state index contributed by atoms with van der Waals surface area (Å²) in [5.74, 6) is 0.529. The van der Waals surface area contributed by atoms with Crippen molar-refractivity contribution in [2.75, 3.05) is 0 Å². The molecule has 0 spiro atoms. The van der Waals surface area contributed by atoms with E-state index in [0.29, 0.717) is 11.2 Å². The van der Waals surface area contributed by atoms with Gasteiger partial charge < -0.3 is 5.11 Å². The minimum Gasteiger partial charge on any atom is -0.508 e. The Balaban J connectivity index is 1.30. The third-order valence-corrected chi connectivity index (χ3v) is 7.92. The molecule has 0 atom stereocenters. The lowest BCUT2D eigenvalue weighted by atomic mass is 9.93. The van der Waals surface area contributed by atoms with Crippen LogP contribution in [0.4, 0.5) is 0 Å². The zero-order chi connectivity index (χ0) is 19.9. The van der Waals surface area contributed by atoms with Crippen LogP contribution in [0.15, 0.2) is 18.2 Å². The highest BCUT2D eigenvalue weighted by Crippen LogP contribution is 2.52. The average Bonchev–Trinajstić information content (AvgIpc) is 3.61. The highest BCUT2D eigenvalue weighted by Gasteiger charge is 2.39. The second-order valence-corrected chi connectivity index (χ2v) is 10.4. The number of hydrogen-bond acceptors (Lipinski definition) is 1. The summed E-state index contributed by atoms with van der Waals surface area (Å²) in [6.07, 6.45) is 23.0. The van der Waals surface area contributed by atoms with Gasteiger partial charge in [-0.3, -0.25) is 0 Å². The quantitative estimate of drug-likeness (QED) is 0.301. The number of aryl methyl sites for hydroxylation is 1. The molecule has 28 heavy (non-hydrogen) atoms. The topological polar surface area (TPSA) is 20.2 Å². The Morgan fingerprint density at radius 2 is 1.43 bits per heavy atom. The summed E-state index contributed by atoms with van der Waals surface area (Å²) in [6, 6.07) is 6.16. The van der Waals surface area contributed by atoms with E-state index in [0.717, 1.165) is 18.3 Å². The van der Waals surface area contributed by atoms with E-state index in [-0.39, 0.29) is 0 Å². The molecule has 2 saturated carbocycles. The number of aromatic hydroxyl groups is 1. The van der Waals surface area contributed by atoms with Crippen LogP contribution >= 0.6 is 0 Å². The lowest BCUT2D eigenvalue weighted by Crippen LogP contribution is -1.98. The Bertz CT molecular complexity index is 594. The zero-order valence-electron chi connectivity index (χ0n) is 18.7. The van der Waals surface area contributed by atoms with Gasteiger partial charge in [-0.2, -0.15) is 0 Å². The van der Waals surface area contributed by atoms with E-state index in [1.165, 1.54) is 107 Å². The molecule has 158 valence electrons. The predicted octanol–water partition coefficient (Wildman–Crippen LogP) is 8.37. The van der Waals surface area contributed by atoms with Crippen molar-refractivity contribution in [2.24, 2.45) is 10.8 Å². The van der Waals surface area contributed by atoms with Gasteiger partial charge in [-0.05, 0) is 92.2 Å². The number of hydrogen-bond donors (Lipinski definition) is 1. The van der Waals surface area contributed by atoms with Crippen LogP contribution in [0.5, 0.6) is 5.75 Å². The first-order valence-corrected chi connectivity index (χ1v) is 12.4. The van der Waals surface area contributed by atoms with Crippen molar-refractivity contribution in [1.29, 1.82) is 0 Å². The van der Waals surface area contributed by atoms with E-state index in [1.807, 2.05) is 12.1 Å². The van der Waals surface area contributed by atoms with Crippen LogP contribution in [-0.4, -0.2) is 5.11 Å². The summed E-state index contributed by atoms with van der Waals surface area (Å²) in [4.78, 5) is 0. The van der Waals surface area contributed by atoms with E-state index < -0.39 is 0 Å². The Morgan fingerprint density at radius 3 is 2.07 bits per heavy atom. The van der Waals surface area contributed by atoms with E-state index in [1.54, 1.807) is 0 Å². The van der Waals surface area contributed by atoms with Crippen molar-refractivity contribution in [2.45, 2.75) is 123 Å². The Hall–Kier alpha value is -0.980. The maximum atomic E-state index is 10.4. The third-order valence-electron chi connectivity index (χ3n) is 7.92. The minimum absolute atomic E-state index is 0.529. The zero-order valence-corrected chi connectivity index (χ0v) is 18.7. The molecule has 1 N–H and O–H groups in total. The van der Waals surface area contributed by atoms with E-state index in [4.69, 9.17) is 0 Å². The van der Waals surface area contributed by atoms with Gasteiger partial charge in [-0.1, -0.05) is 70.9 Å². The summed E-state index contributed by atoms with van der Waals surface area (Å²) >= 11 is 0. The number of unbranched alkanes of at least 4 members (excludes halogenated alkanes) is 6. The summed E-state index contributed by atoms with van der Waals surface area (Å²) in [5, 5.41) is 10.4. The van der Waals surface area contributed by atoms with Gasteiger partial charge in [0.15, 0.2) is 0 Å². The van der Waals surface area contributed by atoms with E-state index in [9.17, 15) is 5.11 Å². The molecule has 3 rings (SSSR count). The molecule has 0 radical (unpaired) electrons. The summed E-state index contributed by atoms with van der Waals surface area (Å²) in [5.41, 5.74) is 4.10. The van der Waals surface area contributed by atoms with Gasteiger partial charge in [0, 0.05) is 0 Å². The maximum Gasteiger partial charge on any atom is 0.119 e. The lowest BCUT2D eigenvalue weighted by molar-refractivity contribution is 0.420. The van der Waals surface area contributed by atoms with Crippen molar-refractivity contribution in [3.8, 4) is 5.75 Å². The van der Waals surface area contributed by atoms with Crippen LogP contribution in [0.2, 0.25) is 0 Å². The van der Waals surface area contributed by atoms with Crippen LogP contribution in [0, 0.1) is 10.8 Å². The van der Waals surface area contributed by atoms with Crippen LogP contribution < -0.4 is 0 Å². The molecule has 1 heteroatoms. The molecule has 2 fully saturated rings. The smallest absolute Gasteiger partial charge is 0.119 e. The Labute approximate surface area is 174 Å². The largest absolute Gasteiger partial charge is 0.508 e. The fraction of sp³-hybridized carbons (Fsp3) is 0.778. The molecule has 0 heterocycles. The highest BCUT2D eigenvalue weighted by atomic mass is 16.3. The average molecular weight is 385 g/mol. The van der Waals surface area contributed by atoms with Crippen molar-refractivity contribution < 1.29 is 5.11 Å². The minimum atomic E-state index is 0.529. The number of phenols is 1. The molecule has 1 aromatic rings. The van der Waals surface area contributed by atoms with Crippen molar-refractivity contribution >= 4 is 0 Å². The van der Waals surface area contributed by atoms with Crippen molar-refractivity contribution in [1.82, 2.24) is 0 Å². The van der Waals surface area contributed by atoms with E-state index >= 15 is 0 Å². The van der Waals surface area contributed by atoms with Crippen LogP contribution in [-0.2, 0) is 12.8 Å². The number of benzene rings is 1. The number of phenolic OH excluding ortho intramolecular Hbond substituents is 1. The van der Waals surface area contributed by atoms with Gasteiger partial charge in [-0.15, -0.1) is 0 Å². The Morgan fingerprint density at radius 1 is 0.786 bits per heavy atom. The fourth-order valence-electron chi connectivity index (χ4n) is 4.94. The second-order valence-electron chi connectivity index (χ2n) is 10.4. The van der Waals surface area contributed by atoms with Gasteiger partial charge in [0.1, 0.15) is 5.75 Å². The molecule has 0 aromatic heterocycles. The summed E-state index contributed by atoms with van der Waals surface area (Å²) in [7, 11) is 0. The SMILES string of the molecule is CCC1(CCCCCCc2cccc(O)c2CCCCCCC2(C)CC2)CC1. The predicted molar refractivity (Wildman–Crippen MR) is 121 cm³/mol. The van der Waals surface area contributed by atoms with Crippen molar-refractivity contribution in [3.63, 3.8) is 0 Å². The Kier molecular flexibility index (Phi) is 7.89. The molecule has 2 aliphatic rings. The summed E-state index contributed by atoms with van der Waals surface area (Å²) in [6.45, 7) is 4.80. The highest BCUT2D eigenvalue weighted by molar-refractivity contribution is 5.39. The molecular weight excluding hydrogens is 340 g/mol. The number of rotatable bonds is 15. The van der Waals surface area contributed by atoms with Crippen LogP contribution in [0.1, 0.15) is 121 Å². The third kappa shape index (κ3) is 6.82. The maximum absolute atomic E-state index is 10.4. The molecule has 0 bridgehead atoms. The van der Waals surface area contributed by atoms with Gasteiger partial charge in [-0.25, -0.2) is 0 Å². The molecule has 1 nitrogen and oxygen atoms in total. The van der Waals surface area contributed by atoms with Crippen molar-refractivity contribution in [3.05, 3.63) is 29.3 Å². The summed E-state index contributed by atoms with van der Waals surface area (Å²) < 4.78 is 0. The fourth-order valence-corrected chi connectivity index (χ4v) is 4.94. The van der Waals surface area contributed by atoms with Crippen LogP contribution in [0.25, 0.3) is 0 Å². The van der Waals surface area contributed by atoms with Gasteiger partial charge in [0.05, 0.1) is 0 Å². The van der Waals surface area contributed by atoms with Gasteiger partial charge >= 0.3 is 0 Å².